The number of halogens is 3. The minimum atomic E-state index is -4.36. The number of rotatable bonds is 0. The minimum Gasteiger partial charge on any atom is 3.00 e. The molecule has 0 saturated carbocycles. The van der Waals surface area contributed by atoms with E-state index in [0.29, 0.717) is 0 Å². The Balaban J connectivity index is -0.0000000450. The van der Waals surface area contributed by atoms with E-state index in [1.165, 1.54) is 0 Å². The zero-order valence-electron chi connectivity index (χ0n) is 5.11. The van der Waals surface area contributed by atoms with Crippen LogP contribution >= 0.6 is 0 Å². The van der Waals surface area contributed by atoms with E-state index >= 15 is 0 Å². The maximum atomic E-state index is 10.1. The van der Waals surface area contributed by atoms with Crippen molar-refractivity contribution in [2.24, 2.45) is 0 Å². The van der Waals surface area contributed by atoms with Crippen LogP contribution in [0.5, 0.6) is 0 Å². The summed E-state index contributed by atoms with van der Waals surface area (Å²) in [6.07, 6.45) is 0. The van der Waals surface area contributed by atoms with Gasteiger partial charge in [-0.2, -0.15) is 0 Å². The molecule has 0 rings (SSSR count). The molecule has 0 aromatic rings. The normalized spacial score (nSPS) is 8.08. The summed E-state index contributed by atoms with van der Waals surface area (Å²) in [5.74, 6) is 0. The third-order valence-electron chi connectivity index (χ3n) is 0. The van der Waals surface area contributed by atoms with Gasteiger partial charge in [0.15, 0.2) is 0 Å². The summed E-state index contributed by atoms with van der Waals surface area (Å²) in [4.78, 5) is 0. The van der Waals surface area contributed by atoms with Crippen LogP contribution in [-0.2, 0) is 9.31 Å². The molecule has 0 radical (unpaired) electrons. The summed E-state index contributed by atoms with van der Waals surface area (Å²) >= 11 is -13.1. The summed E-state index contributed by atoms with van der Waals surface area (Å²) in [5, 5.41) is 0. The fourth-order valence-electron chi connectivity index (χ4n) is 0. The van der Waals surface area contributed by atoms with Gasteiger partial charge in [0, 0.05) is 0 Å². The van der Waals surface area contributed by atoms with Gasteiger partial charge in [-0.25, -0.2) is 0 Å². The minimum absolute atomic E-state index is 0. The van der Waals surface area contributed by atoms with Crippen LogP contribution in [0.2, 0.25) is 0 Å². The monoisotopic (exact) mass is 708 g/mol. The summed E-state index contributed by atoms with van der Waals surface area (Å²) in [6.45, 7) is 0. The molecule has 0 unspecified atom stereocenters. The molecule has 0 spiro atoms. The van der Waals surface area contributed by atoms with Crippen molar-refractivity contribution in [1.82, 2.24) is 0 Å². The average Bonchev–Trinajstić information content (AvgIpc) is 1.54. The van der Waals surface area contributed by atoms with Crippen molar-refractivity contribution in [3.63, 3.8) is 0 Å². The molecule has 0 amide bonds. The van der Waals surface area contributed by atoms with Gasteiger partial charge in [-0.3, -0.25) is 0 Å². The Labute approximate surface area is 125 Å². The second-order valence-electron chi connectivity index (χ2n) is 0.582. The van der Waals surface area contributed by atoms with Crippen molar-refractivity contribution in [2.75, 3.05) is 0 Å². The molecule has 0 fully saturated rings. The van der Waals surface area contributed by atoms with Crippen LogP contribution in [0.3, 0.4) is 0 Å². The summed E-state index contributed by atoms with van der Waals surface area (Å²) in [5.41, 5.74) is 0. The van der Waals surface area contributed by atoms with Gasteiger partial charge in [0.05, 0.1) is 0 Å². The summed E-state index contributed by atoms with van der Waals surface area (Å²) < 4.78 is 81.0. The standard InChI is InChI=1S/3FHO2Te.Ho/c3*1-4(2)3;/h3*(H,2,3);/q;;;+3/p-3. The zero-order chi connectivity index (χ0) is 10.7. The van der Waals surface area contributed by atoms with Crippen LogP contribution in [0.4, 0.5) is 8.68 Å². The van der Waals surface area contributed by atoms with Crippen LogP contribution in [-0.4, -0.2) is 61.5 Å². The molecular weight excluding hydrogens is 701 g/mol. The van der Waals surface area contributed by atoms with Gasteiger partial charge in [0.2, 0.25) is 0 Å². The quantitative estimate of drug-likeness (QED) is 0.239. The molecule has 0 aliphatic rings. The molecule has 0 aromatic carbocycles. The van der Waals surface area contributed by atoms with Crippen LogP contribution in [0.15, 0.2) is 0 Å². The van der Waals surface area contributed by atoms with Crippen molar-refractivity contribution >= 4 is 61.5 Å². The van der Waals surface area contributed by atoms with E-state index < -0.39 is 61.5 Å². The average molecular weight is 701 g/mol. The van der Waals surface area contributed by atoms with E-state index in [2.05, 4.69) is 0 Å². The molecule has 0 aliphatic heterocycles. The molecule has 0 bridgehead atoms. The molecular formula is F3HoO6Te3. The number of hydrogen-bond acceptors (Lipinski definition) is 6. The Kier molecular flexibility index (Phi) is 38.4. The summed E-state index contributed by atoms with van der Waals surface area (Å²) in [6, 6.07) is 0. The maximum Gasteiger partial charge on any atom is 3.00 e. The van der Waals surface area contributed by atoms with E-state index in [1.54, 1.807) is 0 Å². The Morgan fingerprint density at radius 1 is 0.692 bits per heavy atom. The summed E-state index contributed by atoms with van der Waals surface area (Å²) in [7, 11) is 0. The molecule has 86 valence electrons. The largest absolute Gasteiger partial charge is 3.00 e. The van der Waals surface area contributed by atoms with Crippen molar-refractivity contribution in [2.45, 2.75) is 0 Å². The smallest absolute Gasteiger partial charge is 3.00 e. The van der Waals surface area contributed by atoms with Crippen molar-refractivity contribution in [3.8, 4) is 0 Å². The predicted molar refractivity (Wildman–Crippen MR) is 22.6 cm³/mol. The second-order valence-corrected chi connectivity index (χ2v) is 3.90. The van der Waals surface area contributed by atoms with E-state index in [1.807, 2.05) is 0 Å². The van der Waals surface area contributed by atoms with E-state index in [0.717, 1.165) is 0 Å². The Morgan fingerprint density at radius 3 is 0.692 bits per heavy atom. The third-order valence-corrected chi connectivity index (χ3v) is 0. The van der Waals surface area contributed by atoms with E-state index in [4.69, 9.17) is 19.7 Å². The van der Waals surface area contributed by atoms with Gasteiger partial charge in [0.1, 0.15) is 0 Å². The molecule has 13 heteroatoms. The third kappa shape index (κ3) is 325. The van der Waals surface area contributed by atoms with E-state index in [9.17, 15) is 8.68 Å². The SMILES string of the molecule is O=[Te]([O-])F.O=[Te]([O-])F.O=[Te]([O-])F.[Ho+3]. The first-order valence-electron chi connectivity index (χ1n) is 1.46. The van der Waals surface area contributed by atoms with Gasteiger partial charge >= 0.3 is 128 Å². The molecule has 13 heavy (non-hydrogen) atoms. The van der Waals surface area contributed by atoms with Crippen LogP contribution in [0.25, 0.3) is 0 Å². The van der Waals surface area contributed by atoms with Crippen LogP contribution < -0.4 is 10.4 Å². The van der Waals surface area contributed by atoms with Crippen LogP contribution in [0.1, 0.15) is 0 Å². The van der Waals surface area contributed by atoms with Crippen molar-refractivity contribution in [3.05, 3.63) is 0 Å². The number of hydrogen-bond donors (Lipinski definition) is 0. The molecule has 0 atom stereocenters. The Bertz CT molecular complexity index is 121. The first-order chi connectivity index (χ1) is 5.20. The molecule has 6 nitrogen and oxygen atoms in total. The Hall–Kier alpha value is 2.70. The van der Waals surface area contributed by atoms with Crippen molar-refractivity contribution < 1.29 is 66.1 Å². The van der Waals surface area contributed by atoms with Gasteiger partial charge in [-0.1, -0.05) is 0 Å². The topological polar surface area (TPSA) is 120 Å². The fraction of sp³-hybridized carbons (Fsp3) is 0. The van der Waals surface area contributed by atoms with Gasteiger partial charge < -0.3 is 0 Å². The fourth-order valence-corrected chi connectivity index (χ4v) is 0. The zero-order valence-corrected chi connectivity index (χ0v) is 14.0. The first-order valence-corrected chi connectivity index (χ1v) is 9.81. The van der Waals surface area contributed by atoms with Crippen LogP contribution in [0, 0.1) is 37.7 Å². The Morgan fingerprint density at radius 2 is 0.692 bits per heavy atom. The van der Waals surface area contributed by atoms with Gasteiger partial charge in [-0.05, 0) is 0 Å². The van der Waals surface area contributed by atoms with Gasteiger partial charge in [-0.15, -0.1) is 0 Å². The molecule has 0 heterocycles. The molecule has 0 aromatic heterocycles. The maximum absolute atomic E-state index is 10.1. The molecule has 0 aliphatic carbocycles. The molecule has 0 saturated heterocycles. The first kappa shape index (κ1) is 24.8. The molecule has 0 N–H and O–H groups in total. The predicted octanol–water partition coefficient (Wildman–Crippen LogP) is -3.81. The second kappa shape index (κ2) is 20.2. The van der Waals surface area contributed by atoms with Gasteiger partial charge in [0.25, 0.3) is 0 Å². The van der Waals surface area contributed by atoms with Crippen molar-refractivity contribution in [1.29, 1.82) is 0 Å². The van der Waals surface area contributed by atoms with E-state index in [-0.39, 0.29) is 37.7 Å².